The van der Waals surface area contributed by atoms with Crippen LogP contribution in [0.2, 0.25) is 0 Å². The molecule has 0 radical (unpaired) electrons. The van der Waals surface area contributed by atoms with E-state index >= 15 is 0 Å². The number of amides is 1. The van der Waals surface area contributed by atoms with Crippen LogP contribution in [-0.2, 0) is 11.2 Å². The van der Waals surface area contributed by atoms with Gasteiger partial charge < -0.3 is 9.88 Å². The summed E-state index contributed by atoms with van der Waals surface area (Å²) in [5, 5.41) is 1.32. The zero-order valence-corrected chi connectivity index (χ0v) is 16.8. The molecule has 4 rings (SSSR count). The van der Waals surface area contributed by atoms with Crippen LogP contribution in [0.15, 0.2) is 22.8 Å². The maximum absolute atomic E-state index is 12.6. The Balaban J connectivity index is 1.93. The number of aromatic amines is 1. The Bertz CT molecular complexity index is 896. The molecule has 2 heterocycles. The first-order chi connectivity index (χ1) is 11.9. The van der Waals surface area contributed by atoms with E-state index in [9.17, 15) is 4.79 Å². The smallest absolute Gasteiger partial charge is 0.230 e. The van der Waals surface area contributed by atoms with Crippen molar-refractivity contribution in [3.05, 3.63) is 39.5 Å². The van der Waals surface area contributed by atoms with Crippen molar-refractivity contribution in [3.8, 4) is 0 Å². The fourth-order valence-corrected chi connectivity index (χ4v) is 4.96. The maximum Gasteiger partial charge on any atom is 0.230 e. The summed E-state index contributed by atoms with van der Waals surface area (Å²) < 4.78 is 1.10. The number of hydrogen-bond donors (Lipinski definition) is 1. The van der Waals surface area contributed by atoms with Crippen molar-refractivity contribution in [2.45, 2.75) is 26.3 Å². The molecule has 2 aliphatic rings. The van der Waals surface area contributed by atoms with Crippen LogP contribution < -0.4 is 0 Å². The largest absolute Gasteiger partial charge is 0.349 e. The molecule has 2 unspecified atom stereocenters. The molecule has 2 aromatic rings. The Kier molecular flexibility index (Phi) is 4.04. The standard InChI is InChI=1S/C20H24BrN3O/c1-5-24-10-12(20(25)23(3)4)8-14-13-7-6-11(2)18-17(13)15(9-16(14)24)19(21)22-18/h6-8,12,16,22H,5,9-10H2,1-4H3. The van der Waals surface area contributed by atoms with Gasteiger partial charge in [0.2, 0.25) is 5.91 Å². The number of carbonyl (C=O) groups excluding carboxylic acids is 1. The van der Waals surface area contributed by atoms with Gasteiger partial charge in [-0.2, -0.15) is 0 Å². The molecule has 1 aliphatic carbocycles. The molecule has 0 saturated heterocycles. The van der Waals surface area contributed by atoms with Crippen LogP contribution in [0.4, 0.5) is 0 Å². The van der Waals surface area contributed by atoms with Crippen LogP contribution in [0, 0.1) is 12.8 Å². The number of H-pyrrole nitrogens is 1. The fourth-order valence-electron chi connectivity index (χ4n) is 4.40. The predicted octanol–water partition coefficient (Wildman–Crippen LogP) is 3.59. The van der Waals surface area contributed by atoms with Crippen molar-refractivity contribution in [1.29, 1.82) is 0 Å². The molecule has 1 aromatic heterocycles. The second kappa shape index (κ2) is 5.99. The highest BCUT2D eigenvalue weighted by atomic mass is 79.9. The highest BCUT2D eigenvalue weighted by Crippen LogP contribution is 2.44. The fraction of sp³-hybridized carbons (Fsp3) is 0.450. The van der Waals surface area contributed by atoms with E-state index in [1.54, 1.807) is 4.90 Å². The highest BCUT2D eigenvalue weighted by Gasteiger charge is 2.37. The van der Waals surface area contributed by atoms with Crippen molar-refractivity contribution in [1.82, 2.24) is 14.8 Å². The number of halogens is 1. The molecule has 1 aliphatic heterocycles. The molecular weight excluding hydrogens is 378 g/mol. The van der Waals surface area contributed by atoms with E-state index in [2.05, 4.69) is 57.9 Å². The summed E-state index contributed by atoms with van der Waals surface area (Å²) >= 11 is 3.73. The van der Waals surface area contributed by atoms with Crippen LogP contribution in [-0.4, -0.2) is 53.9 Å². The van der Waals surface area contributed by atoms with E-state index in [1.165, 1.54) is 33.2 Å². The van der Waals surface area contributed by atoms with Gasteiger partial charge >= 0.3 is 0 Å². The number of aryl methyl sites for hydroxylation is 1. The molecule has 4 nitrogen and oxygen atoms in total. The maximum atomic E-state index is 12.6. The van der Waals surface area contributed by atoms with Gasteiger partial charge in [0, 0.05) is 32.1 Å². The van der Waals surface area contributed by atoms with Crippen molar-refractivity contribution >= 4 is 38.3 Å². The third-order valence-electron chi connectivity index (χ3n) is 5.70. The molecule has 2 atom stereocenters. The van der Waals surface area contributed by atoms with Gasteiger partial charge in [0.25, 0.3) is 0 Å². The predicted molar refractivity (Wildman–Crippen MR) is 106 cm³/mol. The topological polar surface area (TPSA) is 39.3 Å². The minimum absolute atomic E-state index is 0.0681. The van der Waals surface area contributed by atoms with E-state index in [0.29, 0.717) is 6.04 Å². The number of fused-ring (bicyclic) bond motifs is 2. The molecule has 0 fully saturated rings. The second-order valence-electron chi connectivity index (χ2n) is 7.37. The molecule has 25 heavy (non-hydrogen) atoms. The number of nitrogens with one attached hydrogen (secondary N) is 1. The summed E-state index contributed by atoms with van der Waals surface area (Å²) in [6, 6.07) is 4.76. The number of benzene rings is 1. The number of likely N-dealkylation sites (N-methyl/N-ethyl adjacent to an activating group) is 1. The molecule has 1 aromatic carbocycles. The minimum Gasteiger partial charge on any atom is -0.349 e. The lowest BCUT2D eigenvalue weighted by atomic mass is 9.79. The molecule has 0 saturated carbocycles. The van der Waals surface area contributed by atoms with E-state index in [0.717, 1.165) is 24.1 Å². The Hall–Kier alpha value is -1.59. The van der Waals surface area contributed by atoms with Gasteiger partial charge in [-0.3, -0.25) is 9.69 Å². The number of hydrogen-bond acceptors (Lipinski definition) is 2. The number of carbonyl (C=O) groups is 1. The number of aromatic nitrogens is 1. The molecule has 5 heteroatoms. The monoisotopic (exact) mass is 401 g/mol. The van der Waals surface area contributed by atoms with E-state index in [4.69, 9.17) is 0 Å². The zero-order valence-electron chi connectivity index (χ0n) is 15.2. The Morgan fingerprint density at radius 3 is 2.84 bits per heavy atom. The minimum atomic E-state index is -0.0681. The van der Waals surface area contributed by atoms with Gasteiger partial charge in [-0.1, -0.05) is 25.1 Å². The molecule has 132 valence electrons. The van der Waals surface area contributed by atoms with Gasteiger partial charge in [-0.05, 0) is 58.1 Å². The van der Waals surface area contributed by atoms with Gasteiger partial charge in [-0.25, -0.2) is 0 Å². The highest BCUT2D eigenvalue weighted by molar-refractivity contribution is 9.10. The molecular formula is C20H24BrN3O. The summed E-state index contributed by atoms with van der Waals surface area (Å²) in [6.45, 7) is 6.08. The summed E-state index contributed by atoms with van der Waals surface area (Å²) in [7, 11) is 3.69. The van der Waals surface area contributed by atoms with Crippen molar-refractivity contribution in [3.63, 3.8) is 0 Å². The van der Waals surface area contributed by atoms with Gasteiger partial charge in [0.15, 0.2) is 0 Å². The zero-order chi connectivity index (χ0) is 17.9. The van der Waals surface area contributed by atoms with Crippen LogP contribution >= 0.6 is 15.9 Å². The van der Waals surface area contributed by atoms with Gasteiger partial charge in [0.1, 0.15) is 0 Å². The lowest BCUT2D eigenvalue weighted by Crippen LogP contribution is -2.48. The Morgan fingerprint density at radius 1 is 1.40 bits per heavy atom. The normalized spacial score (nSPS) is 22.7. The SMILES string of the molecule is CCN1CC(C(=O)N(C)C)C=C2c3ccc(C)c4[nH]c(Br)c(c34)CC21. The van der Waals surface area contributed by atoms with Gasteiger partial charge in [-0.15, -0.1) is 0 Å². The second-order valence-corrected chi connectivity index (χ2v) is 8.16. The van der Waals surface area contributed by atoms with E-state index < -0.39 is 0 Å². The van der Waals surface area contributed by atoms with Crippen molar-refractivity contribution < 1.29 is 4.79 Å². The lowest BCUT2D eigenvalue weighted by molar-refractivity contribution is -0.132. The third-order valence-corrected chi connectivity index (χ3v) is 6.38. The number of nitrogens with zero attached hydrogens (tertiary/aromatic N) is 2. The first-order valence-electron chi connectivity index (χ1n) is 8.89. The van der Waals surface area contributed by atoms with Crippen LogP contribution in [0.1, 0.15) is 23.6 Å². The molecule has 0 spiro atoms. The lowest BCUT2D eigenvalue weighted by Gasteiger charge is -2.41. The van der Waals surface area contributed by atoms with Crippen LogP contribution in [0.3, 0.4) is 0 Å². The van der Waals surface area contributed by atoms with E-state index in [-0.39, 0.29) is 11.8 Å². The van der Waals surface area contributed by atoms with Crippen molar-refractivity contribution in [2.24, 2.45) is 5.92 Å². The average molecular weight is 402 g/mol. The third kappa shape index (κ3) is 2.48. The Labute approximate surface area is 157 Å². The summed E-state index contributed by atoms with van der Waals surface area (Å²) in [4.78, 5) is 20.3. The quantitative estimate of drug-likeness (QED) is 0.834. The molecule has 1 amide bonds. The molecule has 1 N–H and O–H groups in total. The molecule has 0 bridgehead atoms. The van der Waals surface area contributed by atoms with E-state index in [1.807, 2.05) is 14.1 Å². The van der Waals surface area contributed by atoms with Crippen molar-refractivity contribution in [2.75, 3.05) is 27.2 Å². The van der Waals surface area contributed by atoms with Crippen LogP contribution in [0.25, 0.3) is 16.5 Å². The van der Waals surface area contributed by atoms with Gasteiger partial charge in [0.05, 0.1) is 16.0 Å². The Morgan fingerprint density at radius 2 is 2.16 bits per heavy atom. The summed E-state index contributed by atoms with van der Waals surface area (Å²) in [6.07, 6.45) is 3.21. The summed E-state index contributed by atoms with van der Waals surface area (Å²) in [5.74, 6) is 0.121. The summed E-state index contributed by atoms with van der Waals surface area (Å²) in [5.41, 5.74) is 6.43. The van der Waals surface area contributed by atoms with Crippen LogP contribution in [0.5, 0.6) is 0 Å². The number of rotatable bonds is 2. The first kappa shape index (κ1) is 16.9. The first-order valence-corrected chi connectivity index (χ1v) is 9.68. The average Bonchev–Trinajstić information content (AvgIpc) is 2.93.